The van der Waals surface area contributed by atoms with Gasteiger partial charge in [0, 0.05) is 11.1 Å². The predicted molar refractivity (Wildman–Crippen MR) is 134 cm³/mol. The van der Waals surface area contributed by atoms with Gasteiger partial charge in [0.25, 0.3) is 5.91 Å². The lowest BCUT2D eigenvalue weighted by Gasteiger charge is -2.27. The number of halogens is 6. The first kappa shape index (κ1) is 31.4. The second-order valence-electron chi connectivity index (χ2n) is 8.70. The van der Waals surface area contributed by atoms with Gasteiger partial charge in [0.2, 0.25) is 17.6 Å². The van der Waals surface area contributed by atoms with Gasteiger partial charge in [-0.15, -0.1) is 0 Å². The van der Waals surface area contributed by atoms with E-state index < -0.39 is 60.1 Å². The Bertz CT molecular complexity index is 1200. The van der Waals surface area contributed by atoms with Crippen LogP contribution in [0.3, 0.4) is 0 Å². The summed E-state index contributed by atoms with van der Waals surface area (Å²) in [6.45, 7) is 0.508. The number of carbonyl (C=O) groups is 4. The molecular weight excluding hydrogens is 549 g/mol. The van der Waals surface area contributed by atoms with Crippen molar-refractivity contribution in [1.82, 2.24) is 16.0 Å². The van der Waals surface area contributed by atoms with Gasteiger partial charge >= 0.3 is 12.1 Å². The molecule has 7 nitrogen and oxygen atoms in total. The zero-order chi connectivity index (χ0) is 29.4. The fourth-order valence-corrected chi connectivity index (χ4v) is 3.38. The van der Waals surface area contributed by atoms with Gasteiger partial charge in [-0.1, -0.05) is 67.9 Å². The van der Waals surface area contributed by atoms with Gasteiger partial charge in [0.05, 0.1) is 6.04 Å². The molecule has 0 heterocycles. The van der Waals surface area contributed by atoms with Gasteiger partial charge < -0.3 is 16.0 Å². The molecule has 2 atom stereocenters. The molecule has 0 aromatic heterocycles. The van der Waals surface area contributed by atoms with Crippen LogP contribution >= 0.6 is 11.6 Å². The Balaban J connectivity index is 2.24. The van der Waals surface area contributed by atoms with E-state index in [-0.39, 0.29) is 5.56 Å². The SMILES string of the molecule is CC(C)[C@H](NC(=O)[C@@H](NC(=O)/C=C/c1ccc(Cl)cc1)c1ccccc1)C(=O)C(F)(F)C(=O)NCC(F)(F)F. The van der Waals surface area contributed by atoms with E-state index in [9.17, 15) is 41.1 Å². The Hall–Kier alpha value is -3.80. The van der Waals surface area contributed by atoms with E-state index in [1.807, 2.05) is 0 Å². The number of ketones is 1. The molecule has 3 amide bonds. The summed E-state index contributed by atoms with van der Waals surface area (Å²) in [7, 11) is 0. The minimum Gasteiger partial charge on any atom is -0.344 e. The number of hydrogen-bond acceptors (Lipinski definition) is 4. The molecule has 3 N–H and O–H groups in total. The summed E-state index contributed by atoms with van der Waals surface area (Å²) >= 11 is 5.82. The standard InChI is InChI=1S/C26H25ClF5N3O4/c1-15(2)20(22(37)26(31,32)24(39)33-14-25(28,29)30)35-23(38)21(17-6-4-3-5-7-17)34-19(36)13-10-16-8-11-18(27)12-9-16/h3-13,15,20-21H,14H2,1-2H3,(H,33,39)(H,34,36)(H,35,38)/b13-10+/t20-,21-/m0/s1. The molecule has 0 aliphatic carbocycles. The van der Waals surface area contributed by atoms with Gasteiger partial charge in [0.1, 0.15) is 12.6 Å². The van der Waals surface area contributed by atoms with Crippen LogP contribution in [0.15, 0.2) is 60.7 Å². The van der Waals surface area contributed by atoms with Crippen LogP contribution in [-0.4, -0.2) is 48.2 Å². The molecule has 0 fully saturated rings. The zero-order valence-corrected chi connectivity index (χ0v) is 21.4. The fraction of sp³-hybridized carbons (Fsp3) is 0.308. The number of Topliss-reactive ketones (excluding diaryl/α,β-unsaturated/α-hetero) is 1. The molecule has 210 valence electrons. The summed E-state index contributed by atoms with van der Waals surface area (Å²) in [6.07, 6.45) is -2.42. The maximum absolute atomic E-state index is 14.5. The summed E-state index contributed by atoms with van der Waals surface area (Å²) in [5, 5.41) is 6.00. The molecular formula is C26H25ClF5N3O4. The van der Waals surface area contributed by atoms with E-state index in [0.717, 1.165) is 11.4 Å². The number of rotatable bonds is 11. The van der Waals surface area contributed by atoms with Crippen molar-refractivity contribution in [1.29, 1.82) is 0 Å². The molecule has 0 aliphatic heterocycles. The van der Waals surface area contributed by atoms with Gasteiger partial charge in [-0.3, -0.25) is 19.2 Å². The van der Waals surface area contributed by atoms with Crippen LogP contribution in [0.2, 0.25) is 5.02 Å². The number of hydrogen-bond donors (Lipinski definition) is 3. The van der Waals surface area contributed by atoms with E-state index in [2.05, 4.69) is 10.6 Å². The fourth-order valence-electron chi connectivity index (χ4n) is 3.25. The Labute approximate surface area is 225 Å². The lowest BCUT2D eigenvalue weighted by molar-refractivity contribution is -0.165. The molecule has 13 heteroatoms. The topological polar surface area (TPSA) is 104 Å². The number of alkyl halides is 5. The summed E-state index contributed by atoms with van der Waals surface area (Å²) in [5.74, 6) is -12.2. The van der Waals surface area contributed by atoms with Crippen LogP contribution < -0.4 is 16.0 Å². The average molecular weight is 574 g/mol. The molecule has 0 saturated carbocycles. The number of nitrogens with one attached hydrogen (secondary N) is 3. The quantitative estimate of drug-likeness (QED) is 0.213. The van der Waals surface area contributed by atoms with Gasteiger partial charge in [-0.05, 0) is 35.3 Å². The molecule has 0 bridgehead atoms. The number of carbonyl (C=O) groups excluding carboxylic acids is 4. The smallest absolute Gasteiger partial charge is 0.344 e. The Morgan fingerprint density at radius 1 is 0.897 bits per heavy atom. The van der Waals surface area contributed by atoms with Crippen LogP contribution in [0.1, 0.15) is 31.0 Å². The highest BCUT2D eigenvalue weighted by atomic mass is 35.5. The Kier molecular flexibility index (Phi) is 10.7. The first-order valence-corrected chi connectivity index (χ1v) is 11.9. The van der Waals surface area contributed by atoms with Gasteiger partial charge in [0.15, 0.2) is 0 Å². The molecule has 0 aliphatic rings. The van der Waals surface area contributed by atoms with Crippen LogP contribution in [0.4, 0.5) is 22.0 Å². The van der Waals surface area contributed by atoms with E-state index >= 15 is 0 Å². The minimum absolute atomic E-state index is 0.243. The molecule has 2 aromatic rings. The van der Waals surface area contributed by atoms with Gasteiger partial charge in [-0.25, -0.2) is 0 Å². The maximum atomic E-state index is 14.5. The third kappa shape index (κ3) is 9.47. The molecule has 0 saturated heterocycles. The highest BCUT2D eigenvalue weighted by Crippen LogP contribution is 2.23. The third-order valence-electron chi connectivity index (χ3n) is 5.27. The Morgan fingerprint density at radius 2 is 1.49 bits per heavy atom. The monoisotopic (exact) mass is 573 g/mol. The van der Waals surface area contributed by atoms with E-state index in [1.54, 1.807) is 42.5 Å². The van der Waals surface area contributed by atoms with Crippen LogP contribution in [0, 0.1) is 5.92 Å². The van der Waals surface area contributed by atoms with Crippen molar-refractivity contribution in [3.63, 3.8) is 0 Å². The number of amides is 3. The zero-order valence-electron chi connectivity index (χ0n) is 20.7. The van der Waals surface area contributed by atoms with Crippen molar-refractivity contribution < 1.29 is 41.1 Å². The Morgan fingerprint density at radius 3 is 2.03 bits per heavy atom. The van der Waals surface area contributed by atoms with E-state index in [1.165, 1.54) is 32.1 Å². The largest absolute Gasteiger partial charge is 0.405 e. The van der Waals surface area contributed by atoms with Crippen molar-refractivity contribution >= 4 is 41.2 Å². The first-order valence-electron chi connectivity index (χ1n) is 11.5. The highest BCUT2D eigenvalue weighted by Gasteiger charge is 2.52. The highest BCUT2D eigenvalue weighted by molar-refractivity contribution is 6.30. The molecule has 39 heavy (non-hydrogen) atoms. The van der Waals surface area contributed by atoms with E-state index in [4.69, 9.17) is 11.6 Å². The number of benzene rings is 2. The maximum Gasteiger partial charge on any atom is 0.405 e. The van der Waals surface area contributed by atoms with Crippen molar-refractivity contribution in [2.24, 2.45) is 5.92 Å². The predicted octanol–water partition coefficient (Wildman–Crippen LogP) is 4.23. The average Bonchev–Trinajstić information content (AvgIpc) is 2.87. The van der Waals surface area contributed by atoms with Crippen molar-refractivity contribution in [3.8, 4) is 0 Å². The second-order valence-corrected chi connectivity index (χ2v) is 9.14. The summed E-state index contributed by atoms with van der Waals surface area (Å²) in [6, 6.07) is 10.7. The van der Waals surface area contributed by atoms with Crippen LogP contribution in [0.5, 0.6) is 0 Å². The van der Waals surface area contributed by atoms with Crippen LogP contribution in [-0.2, 0) is 19.2 Å². The lowest BCUT2D eigenvalue weighted by atomic mass is 9.94. The van der Waals surface area contributed by atoms with Gasteiger partial charge in [-0.2, -0.15) is 22.0 Å². The molecule has 2 rings (SSSR count). The molecule has 0 spiro atoms. The minimum atomic E-state index is -4.98. The first-order chi connectivity index (χ1) is 18.1. The van der Waals surface area contributed by atoms with Crippen molar-refractivity contribution in [2.75, 3.05) is 6.54 Å². The molecule has 0 unspecified atom stereocenters. The van der Waals surface area contributed by atoms with E-state index in [0.29, 0.717) is 10.6 Å². The van der Waals surface area contributed by atoms with Crippen LogP contribution in [0.25, 0.3) is 6.08 Å². The summed E-state index contributed by atoms with van der Waals surface area (Å²) in [5.41, 5.74) is 0.861. The lowest BCUT2D eigenvalue weighted by Crippen LogP contribution is -2.58. The summed E-state index contributed by atoms with van der Waals surface area (Å²) in [4.78, 5) is 50.0. The third-order valence-corrected chi connectivity index (χ3v) is 5.52. The summed E-state index contributed by atoms with van der Waals surface area (Å²) < 4.78 is 66.0. The normalized spacial score (nSPS) is 13.6. The van der Waals surface area contributed by atoms with Crippen molar-refractivity contribution in [3.05, 3.63) is 76.8 Å². The molecule has 2 aromatic carbocycles. The van der Waals surface area contributed by atoms with Crippen molar-refractivity contribution in [2.45, 2.75) is 38.0 Å². The molecule has 0 radical (unpaired) electrons. The second kappa shape index (κ2) is 13.3.